The Morgan fingerprint density at radius 2 is 1.71 bits per heavy atom. The number of thiophene rings is 1. The average Bonchev–Trinajstić information content (AvgIpc) is 3.72. The van der Waals surface area contributed by atoms with Crippen LogP contribution >= 0.6 is 11.3 Å². The molecule has 2 aliphatic heterocycles. The number of hydrogen-bond donors (Lipinski definition) is 0. The number of nitrogens with zero attached hydrogens (tertiary/aromatic N) is 2. The lowest BCUT2D eigenvalue weighted by Gasteiger charge is -2.24. The Labute approximate surface area is 230 Å². The third-order valence-electron chi connectivity index (χ3n) is 8.34. The third kappa shape index (κ3) is 5.45. The monoisotopic (exact) mass is 526 g/mol. The van der Waals surface area contributed by atoms with Crippen LogP contribution in [0.1, 0.15) is 64.9 Å². The largest absolute Gasteiger partial charge is 0.493 e. The lowest BCUT2D eigenvalue weighted by atomic mass is 9.85. The summed E-state index contributed by atoms with van der Waals surface area (Å²) < 4.78 is 7.50. The number of hydrogen-bond acceptors (Lipinski definition) is 4. The van der Waals surface area contributed by atoms with E-state index in [1.807, 2.05) is 28.4 Å². The van der Waals surface area contributed by atoms with Crippen LogP contribution in [0, 0.1) is 5.92 Å². The molecule has 0 bridgehead atoms. The first-order valence-corrected chi connectivity index (χ1v) is 15.1. The maximum atomic E-state index is 12.8. The van der Waals surface area contributed by atoms with E-state index < -0.39 is 0 Å². The molecule has 2 fully saturated rings. The summed E-state index contributed by atoms with van der Waals surface area (Å²) in [6, 6.07) is 17.1. The van der Waals surface area contributed by atoms with E-state index in [0.29, 0.717) is 11.8 Å². The van der Waals surface area contributed by atoms with Gasteiger partial charge in [-0.15, -0.1) is 11.3 Å². The molecular formula is C33H38N2O2S. The van der Waals surface area contributed by atoms with Crippen molar-refractivity contribution in [3.63, 3.8) is 0 Å². The molecule has 6 rings (SSSR count). The van der Waals surface area contributed by atoms with Crippen molar-refractivity contribution in [2.45, 2.75) is 44.9 Å². The van der Waals surface area contributed by atoms with Crippen molar-refractivity contribution < 1.29 is 9.53 Å². The number of amides is 1. The fraction of sp³-hybridized carbons (Fsp3) is 0.424. The molecule has 4 nitrogen and oxygen atoms in total. The van der Waals surface area contributed by atoms with Gasteiger partial charge >= 0.3 is 0 Å². The SMILES string of the molecule is CC1C=C(OCCN2CCCC2)C=CC1c1sc2ccccc2c1Cc1ccc(C(=O)N2CCCC2)cc1. The van der Waals surface area contributed by atoms with E-state index in [2.05, 4.69) is 66.4 Å². The van der Waals surface area contributed by atoms with Crippen molar-refractivity contribution in [1.82, 2.24) is 9.80 Å². The molecule has 0 radical (unpaired) electrons. The van der Waals surface area contributed by atoms with Crippen LogP contribution < -0.4 is 0 Å². The van der Waals surface area contributed by atoms with Crippen LogP contribution in [0.2, 0.25) is 0 Å². The smallest absolute Gasteiger partial charge is 0.253 e. The second kappa shape index (κ2) is 11.5. The molecule has 2 saturated heterocycles. The summed E-state index contributed by atoms with van der Waals surface area (Å²) in [5, 5.41) is 1.35. The van der Waals surface area contributed by atoms with Gasteiger partial charge in [0, 0.05) is 40.7 Å². The Kier molecular flexibility index (Phi) is 7.66. The van der Waals surface area contributed by atoms with Gasteiger partial charge in [-0.2, -0.15) is 0 Å². The predicted octanol–water partition coefficient (Wildman–Crippen LogP) is 7.01. The first kappa shape index (κ1) is 25.4. The molecule has 2 aromatic carbocycles. The molecule has 3 aliphatic rings. The topological polar surface area (TPSA) is 32.8 Å². The fourth-order valence-corrected chi connectivity index (χ4v) is 7.57. The van der Waals surface area contributed by atoms with E-state index >= 15 is 0 Å². The Morgan fingerprint density at radius 3 is 2.47 bits per heavy atom. The molecule has 3 heterocycles. The second-order valence-electron chi connectivity index (χ2n) is 11.0. The minimum atomic E-state index is 0.169. The van der Waals surface area contributed by atoms with Crippen LogP contribution in [0.15, 0.2) is 72.5 Å². The van der Waals surface area contributed by atoms with Gasteiger partial charge in [-0.1, -0.05) is 43.3 Å². The van der Waals surface area contributed by atoms with Crippen LogP contribution in [0.25, 0.3) is 10.1 Å². The Morgan fingerprint density at radius 1 is 0.974 bits per heavy atom. The molecule has 5 heteroatoms. The summed E-state index contributed by atoms with van der Waals surface area (Å²) in [5.41, 5.74) is 3.47. The van der Waals surface area contributed by atoms with Gasteiger partial charge in [0.05, 0.1) is 0 Å². The second-order valence-corrected chi connectivity index (χ2v) is 12.1. The third-order valence-corrected chi connectivity index (χ3v) is 9.66. The van der Waals surface area contributed by atoms with Gasteiger partial charge < -0.3 is 9.64 Å². The van der Waals surface area contributed by atoms with E-state index in [4.69, 9.17) is 4.74 Å². The minimum Gasteiger partial charge on any atom is -0.493 e. The summed E-state index contributed by atoms with van der Waals surface area (Å²) in [6.45, 7) is 8.29. The first-order valence-electron chi connectivity index (χ1n) is 14.3. The Balaban J connectivity index is 1.19. The van der Waals surface area contributed by atoms with Crippen molar-refractivity contribution >= 4 is 27.3 Å². The van der Waals surface area contributed by atoms with Crippen LogP contribution in [0.5, 0.6) is 0 Å². The zero-order valence-corrected chi connectivity index (χ0v) is 23.2. The summed E-state index contributed by atoms with van der Waals surface area (Å²) in [7, 11) is 0. The van der Waals surface area contributed by atoms with Crippen LogP contribution in [-0.4, -0.2) is 55.0 Å². The number of carbonyl (C=O) groups excluding carboxylic acids is 1. The number of rotatable bonds is 8. The molecule has 38 heavy (non-hydrogen) atoms. The maximum absolute atomic E-state index is 12.8. The molecule has 0 saturated carbocycles. The number of fused-ring (bicyclic) bond motifs is 1. The van der Waals surface area contributed by atoms with Crippen LogP contribution in [-0.2, 0) is 11.2 Å². The zero-order chi connectivity index (χ0) is 25.9. The lowest BCUT2D eigenvalue weighted by Crippen LogP contribution is -2.27. The van der Waals surface area contributed by atoms with Gasteiger partial charge in [0.1, 0.15) is 12.4 Å². The quantitative estimate of drug-likeness (QED) is 0.316. The number of allylic oxidation sites excluding steroid dienone is 3. The van der Waals surface area contributed by atoms with Crippen LogP contribution in [0.4, 0.5) is 0 Å². The van der Waals surface area contributed by atoms with Crippen molar-refractivity contribution in [3.8, 4) is 0 Å². The molecule has 198 valence electrons. The molecule has 2 unspecified atom stereocenters. The molecule has 2 atom stereocenters. The molecule has 1 amide bonds. The van der Waals surface area contributed by atoms with Gasteiger partial charge in [0.15, 0.2) is 0 Å². The standard InChI is InChI=1S/C33H38N2O2S/c1-24-22-27(37-21-20-34-16-4-5-17-34)14-15-28(24)32-30(29-8-2-3-9-31(29)38-32)23-25-10-12-26(13-11-25)33(36)35-18-6-7-19-35/h2-3,8-15,22,24,28H,4-7,16-21,23H2,1H3. The van der Waals surface area contributed by atoms with E-state index in [9.17, 15) is 4.79 Å². The molecule has 1 aliphatic carbocycles. The lowest BCUT2D eigenvalue weighted by molar-refractivity contribution is 0.0793. The highest BCUT2D eigenvalue weighted by atomic mass is 32.1. The summed E-state index contributed by atoms with van der Waals surface area (Å²) in [6.07, 6.45) is 12.6. The van der Waals surface area contributed by atoms with Gasteiger partial charge in [0.2, 0.25) is 0 Å². The molecule has 3 aromatic rings. The van der Waals surface area contributed by atoms with E-state index in [1.54, 1.807) is 0 Å². The van der Waals surface area contributed by atoms with Crippen LogP contribution in [0.3, 0.4) is 0 Å². The molecule has 1 aromatic heterocycles. The van der Waals surface area contributed by atoms with E-state index in [0.717, 1.165) is 56.8 Å². The predicted molar refractivity (Wildman–Crippen MR) is 157 cm³/mol. The zero-order valence-electron chi connectivity index (χ0n) is 22.4. The number of benzene rings is 2. The first-order chi connectivity index (χ1) is 18.7. The van der Waals surface area contributed by atoms with Crippen molar-refractivity contribution in [1.29, 1.82) is 0 Å². The van der Waals surface area contributed by atoms with Crippen molar-refractivity contribution in [2.24, 2.45) is 5.92 Å². The Hall–Kier alpha value is -2.89. The number of carbonyl (C=O) groups is 1. The fourth-order valence-electron chi connectivity index (χ4n) is 6.15. The molecular weight excluding hydrogens is 488 g/mol. The van der Waals surface area contributed by atoms with Gasteiger partial charge in [-0.05, 0) is 98.0 Å². The average molecular weight is 527 g/mol. The van der Waals surface area contributed by atoms with Gasteiger partial charge in [-0.25, -0.2) is 0 Å². The summed E-state index contributed by atoms with van der Waals surface area (Å²) >= 11 is 1.93. The van der Waals surface area contributed by atoms with Crippen molar-refractivity contribution in [3.05, 3.63) is 94.1 Å². The Bertz CT molecular complexity index is 1330. The highest BCUT2D eigenvalue weighted by Gasteiger charge is 2.26. The van der Waals surface area contributed by atoms with Gasteiger partial charge in [-0.3, -0.25) is 9.69 Å². The van der Waals surface area contributed by atoms with Gasteiger partial charge in [0.25, 0.3) is 5.91 Å². The van der Waals surface area contributed by atoms with E-state index in [1.165, 1.54) is 52.0 Å². The number of ether oxygens (including phenoxy) is 1. The highest BCUT2D eigenvalue weighted by molar-refractivity contribution is 7.19. The number of likely N-dealkylation sites (tertiary alicyclic amines) is 2. The maximum Gasteiger partial charge on any atom is 0.253 e. The van der Waals surface area contributed by atoms with E-state index in [-0.39, 0.29) is 5.91 Å². The normalized spacial score (nSPS) is 21.8. The molecule has 0 N–H and O–H groups in total. The molecule has 0 spiro atoms. The highest BCUT2D eigenvalue weighted by Crippen LogP contribution is 2.43. The summed E-state index contributed by atoms with van der Waals surface area (Å²) in [5.74, 6) is 1.88. The van der Waals surface area contributed by atoms with Crippen molar-refractivity contribution in [2.75, 3.05) is 39.3 Å². The summed E-state index contributed by atoms with van der Waals surface area (Å²) in [4.78, 5) is 18.7. The minimum absolute atomic E-state index is 0.169.